The Labute approximate surface area is 139 Å². The summed E-state index contributed by atoms with van der Waals surface area (Å²) in [6.45, 7) is 4.11. The molecule has 0 atom stereocenters. The Morgan fingerprint density at radius 3 is 2.52 bits per heavy atom. The molecule has 0 fully saturated rings. The van der Waals surface area contributed by atoms with Gasteiger partial charge in [0, 0.05) is 5.56 Å². The van der Waals surface area contributed by atoms with E-state index in [9.17, 15) is 4.79 Å². The summed E-state index contributed by atoms with van der Waals surface area (Å²) >= 11 is 6.04. The first-order valence-electron chi connectivity index (χ1n) is 7.28. The Kier molecular flexibility index (Phi) is 4.22. The lowest BCUT2D eigenvalue weighted by Gasteiger charge is -2.05. The van der Waals surface area contributed by atoms with Gasteiger partial charge in [-0.15, -0.1) is 0 Å². The fraction of sp³-hybridized carbons (Fsp3) is 0.105. The van der Waals surface area contributed by atoms with Gasteiger partial charge in [0.1, 0.15) is 5.76 Å². The minimum Gasteiger partial charge on any atom is -0.451 e. The molecule has 1 heterocycles. The zero-order valence-corrected chi connectivity index (χ0v) is 13.6. The minimum atomic E-state index is -0.326. The van der Waals surface area contributed by atoms with E-state index in [1.807, 2.05) is 37.3 Å². The molecule has 1 aromatic heterocycles. The second-order valence-electron chi connectivity index (χ2n) is 5.40. The summed E-state index contributed by atoms with van der Waals surface area (Å²) in [5, 5.41) is 3.23. The van der Waals surface area contributed by atoms with Gasteiger partial charge < -0.3 is 9.73 Å². The number of hydrogen-bond donors (Lipinski definition) is 1. The molecule has 3 aromatic rings. The van der Waals surface area contributed by atoms with E-state index < -0.39 is 0 Å². The molecule has 0 saturated carbocycles. The van der Waals surface area contributed by atoms with Crippen LogP contribution in [-0.4, -0.2) is 5.91 Å². The van der Waals surface area contributed by atoms with E-state index in [0.717, 1.165) is 5.56 Å². The standard InChI is InChI=1S/C19H16ClNO2/c1-12-7-8-14(11-13(12)2)17-9-10-18(23-17)19(22)21-16-6-4-3-5-15(16)20/h3-11H,1-2H3,(H,21,22). The minimum absolute atomic E-state index is 0.248. The summed E-state index contributed by atoms with van der Waals surface area (Å²) in [7, 11) is 0. The first-order chi connectivity index (χ1) is 11.0. The number of nitrogens with one attached hydrogen (secondary N) is 1. The van der Waals surface area contributed by atoms with E-state index in [1.165, 1.54) is 11.1 Å². The maximum atomic E-state index is 12.3. The van der Waals surface area contributed by atoms with E-state index in [1.54, 1.807) is 24.3 Å². The predicted molar refractivity (Wildman–Crippen MR) is 93.0 cm³/mol. The topological polar surface area (TPSA) is 42.2 Å². The number of aryl methyl sites for hydroxylation is 2. The van der Waals surface area contributed by atoms with Crippen LogP contribution in [0.4, 0.5) is 5.69 Å². The third kappa shape index (κ3) is 3.30. The van der Waals surface area contributed by atoms with Crippen molar-refractivity contribution in [1.82, 2.24) is 0 Å². The molecule has 3 rings (SSSR count). The van der Waals surface area contributed by atoms with Gasteiger partial charge in [-0.25, -0.2) is 0 Å². The zero-order chi connectivity index (χ0) is 16.4. The number of carbonyl (C=O) groups excluding carboxylic acids is 1. The Morgan fingerprint density at radius 1 is 1.00 bits per heavy atom. The molecule has 0 aliphatic carbocycles. The highest BCUT2D eigenvalue weighted by Gasteiger charge is 2.14. The molecule has 4 heteroatoms. The Hall–Kier alpha value is -2.52. The monoisotopic (exact) mass is 325 g/mol. The highest BCUT2D eigenvalue weighted by atomic mass is 35.5. The van der Waals surface area contributed by atoms with Crippen LogP contribution >= 0.6 is 11.6 Å². The van der Waals surface area contributed by atoms with E-state index in [4.69, 9.17) is 16.0 Å². The largest absolute Gasteiger partial charge is 0.451 e. The molecule has 0 aliphatic rings. The van der Waals surface area contributed by atoms with Gasteiger partial charge in [0.05, 0.1) is 10.7 Å². The summed E-state index contributed by atoms with van der Waals surface area (Å²) in [4.78, 5) is 12.3. The van der Waals surface area contributed by atoms with E-state index >= 15 is 0 Å². The van der Waals surface area contributed by atoms with Crippen molar-refractivity contribution in [2.45, 2.75) is 13.8 Å². The summed E-state index contributed by atoms with van der Waals surface area (Å²) < 4.78 is 5.68. The maximum absolute atomic E-state index is 12.3. The quantitative estimate of drug-likeness (QED) is 0.693. The van der Waals surface area contributed by atoms with Gasteiger partial charge >= 0.3 is 0 Å². The smallest absolute Gasteiger partial charge is 0.291 e. The zero-order valence-electron chi connectivity index (χ0n) is 12.9. The Balaban J connectivity index is 1.82. The van der Waals surface area contributed by atoms with Crippen molar-refractivity contribution < 1.29 is 9.21 Å². The number of carbonyl (C=O) groups is 1. The second-order valence-corrected chi connectivity index (χ2v) is 5.80. The van der Waals surface area contributed by atoms with Gasteiger partial charge in [-0.2, -0.15) is 0 Å². The molecular weight excluding hydrogens is 310 g/mol. The van der Waals surface area contributed by atoms with Crippen molar-refractivity contribution in [3.05, 3.63) is 76.5 Å². The van der Waals surface area contributed by atoms with E-state index in [-0.39, 0.29) is 11.7 Å². The second kappa shape index (κ2) is 6.31. The number of halogens is 1. The number of anilines is 1. The van der Waals surface area contributed by atoms with Crippen LogP contribution in [0.2, 0.25) is 5.02 Å². The van der Waals surface area contributed by atoms with Crippen LogP contribution in [0, 0.1) is 13.8 Å². The lowest BCUT2D eigenvalue weighted by Crippen LogP contribution is -2.11. The summed E-state index contributed by atoms with van der Waals surface area (Å²) in [5.41, 5.74) is 3.91. The maximum Gasteiger partial charge on any atom is 0.291 e. The van der Waals surface area contributed by atoms with Crippen molar-refractivity contribution in [2.75, 3.05) is 5.32 Å². The lowest BCUT2D eigenvalue weighted by molar-refractivity contribution is 0.0997. The third-order valence-corrected chi connectivity index (χ3v) is 4.07. The van der Waals surface area contributed by atoms with Crippen LogP contribution in [0.1, 0.15) is 21.7 Å². The van der Waals surface area contributed by atoms with E-state index in [0.29, 0.717) is 16.5 Å². The molecule has 23 heavy (non-hydrogen) atoms. The molecule has 3 nitrogen and oxygen atoms in total. The molecule has 116 valence electrons. The van der Waals surface area contributed by atoms with E-state index in [2.05, 4.69) is 12.2 Å². The van der Waals surface area contributed by atoms with Crippen molar-refractivity contribution >= 4 is 23.2 Å². The highest BCUT2D eigenvalue weighted by Crippen LogP contribution is 2.26. The summed E-state index contributed by atoms with van der Waals surface area (Å²) in [5.74, 6) is 0.587. The Morgan fingerprint density at radius 2 is 1.78 bits per heavy atom. The SMILES string of the molecule is Cc1ccc(-c2ccc(C(=O)Nc3ccccc3Cl)o2)cc1C. The number of hydrogen-bond acceptors (Lipinski definition) is 2. The van der Waals surface area contributed by atoms with Crippen LogP contribution in [-0.2, 0) is 0 Å². The first-order valence-corrected chi connectivity index (χ1v) is 7.66. The normalized spacial score (nSPS) is 10.6. The molecule has 0 saturated heterocycles. The van der Waals surface area contributed by atoms with Gasteiger partial charge in [0.15, 0.2) is 5.76 Å². The van der Waals surface area contributed by atoms with Gasteiger partial charge in [-0.3, -0.25) is 4.79 Å². The van der Waals surface area contributed by atoms with Crippen LogP contribution < -0.4 is 5.32 Å². The summed E-state index contributed by atoms with van der Waals surface area (Å²) in [6.07, 6.45) is 0. The molecule has 0 bridgehead atoms. The fourth-order valence-corrected chi connectivity index (χ4v) is 2.44. The number of furan rings is 1. The van der Waals surface area contributed by atoms with Gasteiger partial charge in [0.2, 0.25) is 0 Å². The molecule has 2 aromatic carbocycles. The van der Waals surface area contributed by atoms with Crippen molar-refractivity contribution in [2.24, 2.45) is 0 Å². The van der Waals surface area contributed by atoms with Crippen LogP contribution in [0.3, 0.4) is 0 Å². The number of rotatable bonds is 3. The third-order valence-electron chi connectivity index (χ3n) is 3.74. The van der Waals surface area contributed by atoms with Gasteiger partial charge in [-0.1, -0.05) is 35.9 Å². The highest BCUT2D eigenvalue weighted by molar-refractivity contribution is 6.33. The average molecular weight is 326 g/mol. The molecule has 0 unspecified atom stereocenters. The number of para-hydroxylation sites is 1. The van der Waals surface area contributed by atoms with Crippen molar-refractivity contribution in [3.63, 3.8) is 0 Å². The lowest BCUT2D eigenvalue weighted by atomic mass is 10.1. The Bertz CT molecular complexity index is 867. The molecular formula is C19H16ClNO2. The van der Waals surface area contributed by atoms with Crippen LogP contribution in [0.25, 0.3) is 11.3 Å². The van der Waals surface area contributed by atoms with Gasteiger partial charge in [-0.05, 0) is 55.3 Å². The van der Waals surface area contributed by atoms with Crippen LogP contribution in [0.15, 0.2) is 59.0 Å². The average Bonchev–Trinajstić information content (AvgIpc) is 3.02. The first kappa shape index (κ1) is 15.4. The molecule has 0 spiro atoms. The summed E-state index contributed by atoms with van der Waals surface area (Å²) in [6, 6.07) is 16.6. The van der Waals surface area contributed by atoms with Crippen LogP contribution in [0.5, 0.6) is 0 Å². The molecule has 0 aliphatic heterocycles. The number of benzene rings is 2. The molecule has 1 N–H and O–H groups in total. The number of amides is 1. The molecule has 0 radical (unpaired) electrons. The fourth-order valence-electron chi connectivity index (χ4n) is 2.26. The molecule has 1 amide bonds. The predicted octanol–water partition coefficient (Wildman–Crippen LogP) is 5.47. The van der Waals surface area contributed by atoms with Gasteiger partial charge in [0.25, 0.3) is 5.91 Å². The van der Waals surface area contributed by atoms with Crippen molar-refractivity contribution in [3.8, 4) is 11.3 Å². The van der Waals surface area contributed by atoms with Crippen molar-refractivity contribution in [1.29, 1.82) is 0 Å².